The van der Waals surface area contributed by atoms with Gasteiger partial charge in [0.05, 0.1) is 18.8 Å². The number of carbonyl (C=O) groups is 1. The lowest BCUT2D eigenvalue weighted by molar-refractivity contribution is -0.137. The summed E-state index contributed by atoms with van der Waals surface area (Å²) in [6, 6.07) is 0. The second kappa shape index (κ2) is 23.7. The summed E-state index contributed by atoms with van der Waals surface area (Å²) in [6.45, 7) is 5.83. The smallest absolute Gasteiger partial charge is 0.303 e. The standard InChI is InChI=1S/C18H34O3.C7H16N2O/c1-2-3-4-11-14-17(19)15-12-9-7-5-6-8-10-13-16-18(20)21;8-3-1-2-7-6-9-4-5-10-7/h9,12,17,19H,2-8,10-11,13-16H2,1H3,(H,20,21);7,9H,1-6,8H2/b12-9-;. The maximum absolute atomic E-state index is 10.3. The number of ether oxygens (including phenoxy) is 1. The van der Waals surface area contributed by atoms with Crippen LogP contribution in [0.15, 0.2) is 12.2 Å². The third kappa shape index (κ3) is 23.5. The van der Waals surface area contributed by atoms with Gasteiger partial charge in [-0.3, -0.25) is 4.79 Å². The molecule has 1 saturated heterocycles. The minimum absolute atomic E-state index is 0.172. The van der Waals surface area contributed by atoms with Gasteiger partial charge in [0.1, 0.15) is 0 Å². The molecule has 0 amide bonds. The Labute approximate surface area is 191 Å². The number of rotatable bonds is 18. The lowest BCUT2D eigenvalue weighted by Crippen LogP contribution is -2.38. The molecule has 0 radical (unpaired) electrons. The quantitative estimate of drug-likeness (QED) is 0.180. The van der Waals surface area contributed by atoms with Crippen LogP contribution in [0.2, 0.25) is 0 Å². The molecule has 1 heterocycles. The number of hydrogen-bond donors (Lipinski definition) is 4. The summed E-state index contributed by atoms with van der Waals surface area (Å²) in [5.74, 6) is -0.689. The number of aliphatic carboxylic acids is 1. The van der Waals surface area contributed by atoms with Crippen molar-refractivity contribution >= 4 is 5.97 Å². The van der Waals surface area contributed by atoms with Gasteiger partial charge >= 0.3 is 5.97 Å². The molecule has 1 aliphatic rings. The van der Waals surface area contributed by atoms with E-state index in [2.05, 4.69) is 24.4 Å². The number of aliphatic hydroxyl groups excluding tert-OH is 1. The van der Waals surface area contributed by atoms with Crippen LogP contribution < -0.4 is 11.1 Å². The fourth-order valence-corrected chi connectivity index (χ4v) is 3.52. The van der Waals surface area contributed by atoms with E-state index in [0.717, 1.165) is 90.4 Å². The van der Waals surface area contributed by atoms with Crippen LogP contribution in [0, 0.1) is 0 Å². The second-order valence-corrected chi connectivity index (χ2v) is 8.54. The van der Waals surface area contributed by atoms with Gasteiger partial charge in [-0.05, 0) is 51.5 Å². The third-order valence-electron chi connectivity index (χ3n) is 5.46. The minimum atomic E-state index is -0.689. The summed E-state index contributed by atoms with van der Waals surface area (Å²) in [4.78, 5) is 10.3. The molecule has 5 N–H and O–H groups in total. The molecule has 0 aromatic heterocycles. The molecular formula is C25H50N2O4. The highest BCUT2D eigenvalue weighted by Gasteiger charge is 2.11. The van der Waals surface area contributed by atoms with Crippen LogP contribution in [-0.4, -0.2) is 54.6 Å². The summed E-state index contributed by atoms with van der Waals surface area (Å²) in [5, 5.41) is 21.6. The van der Waals surface area contributed by atoms with Crippen LogP contribution in [0.1, 0.15) is 103 Å². The number of carboxylic acid groups (broad SMARTS) is 1. The average molecular weight is 443 g/mol. The van der Waals surface area contributed by atoms with E-state index in [1.54, 1.807) is 0 Å². The van der Waals surface area contributed by atoms with E-state index in [1.165, 1.54) is 25.7 Å². The van der Waals surface area contributed by atoms with Crippen LogP contribution in [0.3, 0.4) is 0 Å². The van der Waals surface area contributed by atoms with Crippen LogP contribution in [0.25, 0.3) is 0 Å². The number of aliphatic hydroxyl groups is 1. The monoisotopic (exact) mass is 442 g/mol. The van der Waals surface area contributed by atoms with Gasteiger partial charge < -0.3 is 26.0 Å². The molecule has 0 spiro atoms. The van der Waals surface area contributed by atoms with Gasteiger partial charge in [0.2, 0.25) is 0 Å². The highest BCUT2D eigenvalue weighted by molar-refractivity contribution is 5.66. The van der Waals surface area contributed by atoms with Crippen molar-refractivity contribution < 1.29 is 19.7 Å². The van der Waals surface area contributed by atoms with Gasteiger partial charge in [-0.2, -0.15) is 0 Å². The highest BCUT2D eigenvalue weighted by atomic mass is 16.5. The molecule has 1 rings (SSSR count). The Bertz CT molecular complexity index is 412. The first-order chi connectivity index (χ1) is 15.1. The van der Waals surface area contributed by atoms with Crippen molar-refractivity contribution in [1.82, 2.24) is 5.32 Å². The molecule has 2 atom stereocenters. The Balaban J connectivity index is 0.000000743. The Hall–Kier alpha value is -0.950. The van der Waals surface area contributed by atoms with Gasteiger partial charge in [0.25, 0.3) is 0 Å². The SMILES string of the molecule is CCCCCCC(O)C/C=C\CCCCCCCC(=O)O.NCCCC1CNCCO1. The Morgan fingerprint density at radius 1 is 1.10 bits per heavy atom. The molecule has 0 aliphatic carbocycles. The van der Waals surface area contributed by atoms with E-state index >= 15 is 0 Å². The molecule has 0 aromatic carbocycles. The van der Waals surface area contributed by atoms with Crippen molar-refractivity contribution in [3.05, 3.63) is 12.2 Å². The van der Waals surface area contributed by atoms with Crippen molar-refractivity contribution in [1.29, 1.82) is 0 Å². The lowest BCUT2D eigenvalue weighted by Gasteiger charge is -2.23. The largest absolute Gasteiger partial charge is 0.481 e. The van der Waals surface area contributed by atoms with Gasteiger partial charge in [-0.25, -0.2) is 0 Å². The van der Waals surface area contributed by atoms with Crippen LogP contribution >= 0.6 is 0 Å². The van der Waals surface area contributed by atoms with Crippen molar-refractivity contribution in [3.8, 4) is 0 Å². The van der Waals surface area contributed by atoms with Crippen molar-refractivity contribution in [2.45, 2.75) is 115 Å². The fourth-order valence-electron chi connectivity index (χ4n) is 3.52. The molecule has 2 unspecified atom stereocenters. The Kier molecular flexibility index (Phi) is 23.0. The van der Waals surface area contributed by atoms with E-state index in [4.69, 9.17) is 15.6 Å². The summed E-state index contributed by atoms with van der Waals surface area (Å²) < 4.78 is 5.46. The summed E-state index contributed by atoms with van der Waals surface area (Å²) in [5.41, 5.74) is 5.37. The number of nitrogens with one attached hydrogen (secondary N) is 1. The van der Waals surface area contributed by atoms with E-state index in [1.807, 2.05) is 0 Å². The van der Waals surface area contributed by atoms with Gasteiger partial charge in [-0.1, -0.05) is 64.0 Å². The van der Waals surface area contributed by atoms with Crippen molar-refractivity contribution in [2.75, 3.05) is 26.2 Å². The molecule has 184 valence electrons. The molecule has 6 nitrogen and oxygen atoms in total. The van der Waals surface area contributed by atoms with E-state index in [-0.39, 0.29) is 6.10 Å². The van der Waals surface area contributed by atoms with Gasteiger partial charge in [-0.15, -0.1) is 0 Å². The average Bonchev–Trinajstić information content (AvgIpc) is 2.77. The normalized spacial score (nSPS) is 17.3. The summed E-state index contributed by atoms with van der Waals surface area (Å²) in [6.07, 6.45) is 19.9. The molecule has 1 aliphatic heterocycles. The first kappa shape index (κ1) is 30.0. The van der Waals surface area contributed by atoms with Crippen LogP contribution in [0.5, 0.6) is 0 Å². The van der Waals surface area contributed by atoms with Crippen molar-refractivity contribution in [3.63, 3.8) is 0 Å². The minimum Gasteiger partial charge on any atom is -0.481 e. The maximum Gasteiger partial charge on any atom is 0.303 e. The fraction of sp³-hybridized carbons (Fsp3) is 0.880. The second-order valence-electron chi connectivity index (χ2n) is 8.54. The Morgan fingerprint density at radius 2 is 1.84 bits per heavy atom. The zero-order chi connectivity index (χ0) is 23.0. The molecule has 6 heteroatoms. The first-order valence-corrected chi connectivity index (χ1v) is 12.7. The van der Waals surface area contributed by atoms with Crippen LogP contribution in [-0.2, 0) is 9.53 Å². The molecule has 1 fully saturated rings. The predicted molar refractivity (Wildman–Crippen MR) is 129 cm³/mol. The number of unbranched alkanes of at least 4 members (excludes halogenated alkanes) is 8. The molecule has 0 aromatic rings. The zero-order valence-corrected chi connectivity index (χ0v) is 20.0. The number of carboxylic acids is 1. The highest BCUT2D eigenvalue weighted by Crippen LogP contribution is 2.10. The maximum atomic E-state index is 10.3. The lowest BCUT2D eigenvalue weighted by atomic mass is 10.1. The molecule has 31 heavy (non-hydrogen) atoms. The van der Waals surface area contributed by atoms with Gasteiger partial charge in [0.15, 0.2) is 0 Å². The number of nitrogens with two attached hydrogens (primary N) is 1. The van der Waals surface area contributed by atoms with Gasteiger partial charge in [0, 0.05) is 19.5 Å². The molecular weight excluding hydrogens is 392 g/mol. The van der Waals surface area contributed by atoms with Crippen molar-refractivity contribution in [2.24, 2.45) is 5.73 Å². The number of morpholine rings is 1. The summed E-state index contributed by atoms with van der Waals surface area (Å²) in [7, 11) is 0. The Morgan fingerprint density at radius 3 is 2.52 bits per heavy atom. The van der Waals surface area contributed by atoms with E-state index in [0.29, 0.717) is 12.5 Å². The van der Waals surface area contributed by atoms with E-state index in [9.17, 15) is 9.90 Å². The summed E-state index contributed by atoms with van der Waals surface area (Å²) >= 11 is 0. The van der Waals surface area contributed by atoms with E-state index < -0.39 is 5.97 Å². The first-order valence-electron chi connectivity index (χ1n) is 12.7. The zero-order valence-electron chi connectivity index (χ0n) is 20.0. The van der Waals surface area contributed by atoms with Crippen LogP contribution in [0.4, 0.5) is 0 Å². The molecule has 0 saturated carbocycles. The predicted octanol–water partition coefficient (Wildman–Crippen LogP) is 4.79. The topological polar surface area (TPSA) is 105 Å². The molecule has 0 bridgehead atoms. The third-order valence-corrected chi connectivity index (χ3v) is 5.46. The number of hydrogen-bond acceptors (Lipinski definition) is 5. The number of allylic oxidation sites excluding steroid dienone is 1.